The van der Waals surface area contributed by atoms with Crippen LogP contribution in [0.5, 0.6) is 0 Å². The van der Waals surface area contributed by atoms with Gasteiger partial charge in [0.15, 0.2) is 11.0 Å². The Balaban J connectivity index is 1.62. The van der Waals surface area contributed by atoms with Gasteiger partial charge >= 0.3 is 0 Å². The van der Waals surface area contributed by atoms with Crippen molar-refractivity contribution in [2.75, 3.05) is 23.7 Å². The lowest BCUT2D eigenvalue weighted by molar-refractivity contribution is 1.05. The van der Waals surface area contributed by atoms with E-state index in [-0.39, 0.29) is 0 Å². The van der Waals surface area contributed by atoms with Crippen LogP contribution in [0.15, 0.2) is 54.0 Å². The summed E-state index contributed by atoms with van der Waals surface area (Å²) in [4.78, 5) is 13.6. The summed E-state index contributed by atoms with van der Waals surface area (Å²) < 4.78 is 0. The molecule has 0 saturated heterocycles. The summed E-state index contributed by atoms with van der Waals surface area (Å²) in [6, 6.07) is 13.2. The zero-order valence-corrected chi connectivity index (χ0v) is 16.4. The van der Waals surface area contributed by atoms with Gasteiger partial charge in [-0.1, -0.05) is 35.3 Å². The number of para-hydroxylation sites is 1. The predicted octanol–water partition coefficient (Wildman–Crippen LogP) is 5.58. The summed E-state index contributed by atoms with van der Waals surface area (Å²) >= 11 is 13.9. The molecule has 0 bridgehead atoms. The van der Waals surface area contributed by atoms with Gasteiger partial charge in [-0.05, 0) is 30.3 Å². The van der Waals surface area contributed by atoms with E-state index in [9.17, 15) is 0 Å². The molecule has 0 amide bonds. The Kier molecular flexibility index (Phi) is 5.38. The lowest BCUT2D eigenvalue weighted by Gasteiger charge is -2.12. The molecular weight excluding hydrogens is 401 g/mol. The molecule has 5 nitrogen and oxygen atoms in total. The summed E-state index contributed by atoms with van der Waals surface area (Å²) in [6.45, 7) is 1.41. The van der Waals surface area contributed by atoms with Gasteiger partial charge in [0.1, 0.15) is 5.82 Å². The number of nitrogens with zero attached hydrogens (tertiary/aromatic N) is 3. The number of halogens is 2. The van der Waals surface area contributed by atoms with E-state index in [4.69, 9.17) is 28.2 Å². The largest absolute Gasteiger partial charge is 0.368 e. The highest BCUT2D eigenvalue weighted by Gasteiger charge is 2.12. The standard InChI is InChI=1S/C19H15Cl2N5S/c20-12-5-6-13(15(21)11-12)18-25-16-4-2-1-3-14(16)17(26-18)22-7-8-23-19-24-9-10-27-19/h1-6,9-11H,7-8H2,(H,23,24)(H,22,25,26). The SMILES string of the molecule is Clc1ccc(-c2nc(NCCNc3nccs3)c3ccccc3n2)c(Cl)c1. The molecule has 8 heteroatoms. The Morgan fingerprint density at radius 2 is 1.81 bits per heavy atom. The minimum absolute atomic E-state index is 0.522. The van der Waals surface area contributed by atoms with Crippen LogP contribution < -0.4 is 10.6 Å². The Morgan fingerprint density at radius 3 is 2.63 bits per heavy atom. The van der Waals surface area contributed by atoms with E-state index >= 15 is 0 Å². The van der Waals surface area contributed by atoms with Crippen molar-refractivity contribution in [3.63, 3.8) is 0 Å². The summed E-state index contributed by atoms with van der Waals surface area (Å²) in [6.07, 6.45) is 1.78. The third-order valence-electron chi connectivity index (χ3n) is 3.90. The minimum Gasteiger partial charge on any atom is -0.368 e. The summed E-state index contributed by atoms with van der Waals surface area (Å²) in [5, 5.41) is 11.6. The number of thiazole rings is 1. The maximum absolute atomic E-state index is 6.35. The van der Waals surface area contributed by atoms with Crippen LogP contribution >= 0.6 is 34.5 Å². The molecule has 2 aromatic heterocycles. The van der Waals surface area contributed by atoms with Crippen molar-refractivity contribution in [3.8, 4) is 11.4 Å². The first-order valence-corrected chi connectivity index (χ1v) is 9.94. The van der Waals surface area contributed by atoms with Crippen LogP contribution in [0.1, 0.15) is 0 Å². The van der Waals surface area contributed by atoms with Crippen LogP contribution in [-0.2, 0) is 0 Å². The molecule has 4 rings (SSSR count). The van der Waals surface area contributed by atoms with Crippen LogP contribution in [0.3, 0.4) is 0 Å². The Labute approximate surface area is 170 Å². The zero-order chi connectivity index (χ0) is 18.6. The van der Waals surface area contributed by atoms with Crippen LogP contribution in [0.4, 0.5) is 10.9 Å². The van der Waals surface area contributed by atoms with E-state index in [1.54, 1.807) is 29.7 Å². The molecule has 0 radical (unpaired) electrons. The van der Waals surface area contributed by atoms with Crippen molar-refractivity contribution in [3.05, 3.63) is 64.1 Å². The monoisotopic (exact) mass is 415 g/mol. The molecule has 0 aliphatic carbocycles. The van der Waals surface area contributed by atoms with Crippen molar-refractivity contribution < 1.29 is 0 Å². The molecule has 136 valence electrons. The summed E-state index contributed by atoms with van der Waals surface area (Å²) in [5.41, 5.74) is 1.60. The number of hydrogen-bond acceptors (Lipinski definition) is 6. The minimum atomic E-state index is 0.522. The first-order valence-electron chi connectivity index (χ1n) is 8.30. The number of hydrogen-bond donors (Lipinski definition) is 2. The lowest BCUT2D eigenvalue weighted by atomic mass is 10.2. The van der Waals surface area contributed by atoms with Gasteiger partial charge in [0.05, 0.1) is 10.5 Å². The average Bonchev–Trinajstić information content (AvgIpc) is 3.18. The van der Waals surface area contributed by atoms with Gasteiger partial charge in [-0.3, -0.25) is 0 Å². The molecule has 2 aromatic carbocycles. The second-order valence-corrected chi connectivity index (χ2v) is 7.47. The molecule has 4 aromatic rings. The van der Waals surface area contributed by atoms with E-state index in [1.807, 2.05) is 35.7 Å². The maximum atomic E-state index is 6.35. The topological polar surface area (TPSA) is 62.7 Å². The van der Waals surface area contributed by atoms with E-state index < -0.39 is 0 Å². The highest BCUT2D eigenvalue weighted by atomic mass is 35.5. The predicted molar refractivity (Wildman–Crippen MR) is 114 cm³/mol. The highest BCUT2D eigenvalue weighted by Crippen LogP contribution is 2.31. The first kappa shape index (κ1) is 18.0. The van der Waals surface area contributed by atoms with Gasteiger partial charge in [0.2, 0.25) is 0 Å². The molecule has 0 unspecified atom stereocenters. The van der Waals surface area contributed by atoms with Crippen molar-refractivity contribution in [1.82, 2.24) is 15.0 Å². The highest BCUT2D eigenvalue weighted by molar-refractivity contribution is 7.13. The van der Waals surface area contributed by atoms with E-state index in [1.165, 1.54) is 0 Å². The normalized spacial score (nSPS) is 10.9. The number of nitrogens with one attached hydrogen (secondary N) is 2. The fourth-order valence-corrected chi connectivity index (χ4v) is 3.71. The second-order valence-electron chi connectivity index (χ2n) is 5.73. The Morgan fingerprint density at radius 1 is 0.963 bits per heavy atom. The zero-order valence-electron chi connectivity index (χ0n) is 14.1. The Bertz CT molecular complexity index is 1070. The molecule has 0 aliphatic heterocycles. The summed E-state index contributed by atoms with van der Waals surface area (Å²) in [5.74, 6) is 1.33. The van der Waals surface area contributed by atoms with E-state index in [0.717, 1.165) is 34.0 Å². The van der Waals surface area contributed by atoms with Gasteiger partial charge in [0, 0.05) is 40.6 Å². The van der Waals surface area contributed by atoms with Gasteiger partial charge in [-0.25, -0.2) is 15.0 Å². The molecule has 0 fully saturated rings. The number of aromatic nitrogens is 3. The summed E-state index contributed by atoms with van der Waals surface area (Å²) in [7, 11) is 0. The number of fused-ring (bicyclic) bond motifs is 1. The van der Waals surface area contributed by atoms with Gasteiger partial charge in [0.25, 0.3) is 0 Å². The van der Waals surface area contributed by atoms with Crippen molar-refractivity contribution in [2.24, 2.45) is 0 Å². The molecule has 0 atom stereocenters. The van der Waals surface area contributed by atoms with E-state index in [0.29, 0.717) is 22.4 Å². The average molecular weight is 416 g/mol. The molecule has 27 heavy (non-hydrogen) atoms. The van der Waals surface area contributed by atoms with Gasteiger partial charge in [-0.2, -0.15) is 0 Å². The second kappa shape index (κ2) is 8.08. The molecular formula is C19H15Cl2N5S. The third-order valence-corrected chi connectivity index (χ3v) is 5.18. The smallest absolute Gasteiger partial charge is 0.182 e. The Hall–Kier alpha value is -2.41. The first-order chi connectivity index (χ1) is 13.2. The molecule has 2 N–H and O–H groups in total. The van der Waals surface area contributed by atoms with Crippen molar-refractivity contribution in [1.29, 1.82) is 0 Å². The lowest BCUT2D eigenvalue weighted by Crippen LogP contribution is -2.15. The quantitative estimate of drug-likeness (QED) is 0.402. The number of anilines is 2. The fourth-order valence-electron chi connectivity index (χ4n) is 2.66. The van der Waals surface area contributed by atoms with Crippen LogP contribution in [0.25, 0.3) is 22.3 Å². The maximum Gasteiger partial charge on any atom is 0.182 e. The number of benzene rings is 2. The molecule has 2 heterocycles. The molecule has 0 aliphatic rings. The van der Waals surface area contributed by atoms with Crippen molar-refractivity contribution >= 4 is 56.4 Å². The van der Waals surface area contributed by atoms with E-state index in [2.05, 4.69) is 20.6 Å². The fraction of sp³-hybridized carbons (Fsp3) is 0.105. The molecule has 0 spiro atoms. The van der Waals surface area contributed by atoms with Crippen LogP contribution in [0, 0.1) is 0 Å². The molecule has 0 saturated carbocycles. The number of rotatable bonds is 6. The van der Waals surface area contributed by atoms with Crippen LogP contribution in [-0.4, -0.2) is 28.0 Å². The van der Waals surface area contributed by atoms with Crippen LogP contribution in [0.2, 0.25) is 10.0 Å². The third kappa shape index (κ3) is 4.13. The van der Waals surface area contributed by atoms with Gasteiger partial charge < -0.3 is 10.6 Å². The van der Waals surface area contributed by atoms with Gasteiger partial charge in [-0.15, -0.1) is 11.3 Å². The van der Waals surface area contributed by atoms with Crippen molar-refractivity contribution in [2.45, 2.75) is 0 Å².